The molecule has 6 nitrogen and oxygen atoms in total. The van der Waals surface area contributed by atoms with E-state index in [1.54, 1.807) is 35.2 Å². The second-order valence-corrected chi connectivity index (χ2v) is 5.96. The number of carbonyl (C=O) groups excluding carboxylic acids is 2. The first-order valence-electron chi connectivity index (χ1n) is 7.96. The normalized spacial score (nSPS) is 14.5. The zero-order valence-corrected chi connectivity index (χ0v) is 13.8. The van der Waals surface area contributed by atoms with Gasteiger partial charge in [-0.15, -0.1) is 0 Å². The van der Waals surface area contributed by atoms with Crippen LogP contribution in [0.1, 0.15) is 20.7 Å². The van der Waals surface area contributed by atoms with Gasteiger partial charge in [0.25, 0.3) is 17.4 Å². The van der Waals surface area contributed by atoms with Gasteiger partial charge in [-0.1, -0.05) is 6.07 Å². The summed E-state index contributed by atoms with van der Waals surface area (Å²) in [5.41, 5.74) is 0.394. The van der Waals surface area contributed by atoms with E-state index in [0.29, 0.717) is 37.3 Å². The van der Waals surface area contributed by atoms with Crippen LogP contribution in [-0.2, 0) is 7.05 Å². The van der Waals surface area contributed by atoms with Crippen LogP contribution in [0.15, 0.2) is 47.4 Å². The molecular weight excluding hydrogens is 325 g/mol. The first-order chi connectivity index (χ1) is 12.0. The van der Waals surface area contributed by atoms with Crippen molar-refractivity contribution in [2.75, 3.05) is 26.2 Å². The second-order valence-electron chi connectivity index (χ2n) is 5.96. The minimum Gasteiger partial charge on any atom is -0.335 e. The zero-order valence-electron chi connectivity index (χ0n) is 13.8. The van der Waals surface area contributed by atoms with Gasteiger partial charge >= 0.3 is 0 Å². The van der Waals surface area contributed by atoms with E-state index in [1.807, 2.05) is 0 Å². The zero-order chi connectivity index (χ0) is 18.0. The fraction of sp³-hybridized carbons (Fsp3) is 0.278. The summed E-state index contributed by atoms with van der Waals surface area (Å²) >= 11 is 0. The lowest BCUT2D eigenvalue weighted by atomic mass is 10.1. The summed E-state index contributed by atoms with van der Waals surface area (Å²) in [7, 11) is 1.62. The molecule has 0 bridgehead atoms. The highest BCUT2D eigenvalue weighted by Gasteiger charge is 2.25. The highest BCUT2D eigenvalue weighted by atomic mass is 19.1. The fourth-order valence-corrected chi connectivity index (χ4v) is 2.78. The number of rotatable bonds is 2. The highest BCUT2D eigenvalue weighted by Crippen LogP contribution is 2.12. The van der Waals surface area contributed by atoms with E-state index in [2.05, 4.69) is 0 Å². The van der Waals surface area contributed by atoms with Crippen molar-refractivity contribution in [3.8, 4) is 0 Å². The van der Waals surface area contributed by atoms with Gasteiger partial charge in [-0.25, -0.2) is 4.39 Å². The van der Waals surface area contributed by atoms with Crippen LogP contribution in [0, 0.1) is 5.82 Å². The number of aromatic nitrogens is 1. The van der Waals surface area contributed by atoms with Crippen LogP contribution < -0.4 is 5.56 Å². The van der Waals surface area contributed by atoms with Crippen molar-refractivity contribution in [2.24, 2.45) is 7.05 Å². The van der Waals surface area contributed by atoms with E-state index < -0.39 is 5.82 Å². The van der Waals surface area contributed by atoms with Gasteiger partial charge in [-0.3, -0.25) is 14.4 Å². The van der Waals surface area contributed by atoms with Crippen LogP contribution in [0.4, 0.5) is 4.39 Å². The molecule has 3 rings (SSSR count). The second kappa shape index (κ2) is 6.88. The molecular formula is C18H18FN3O3. The summed E-state index contributed by atoms with van der Waals surface area (Å²) in [6.07, 6.45) is 1.55. The third kappa shape index (κ3) is 3.60. The molecule has 130 valence electrons. The maximum atomic E-state index is 13.3. The van der Waals surface area contributed by atoms with Gasteiger partial charge in [-0.05, 0) is 24.3 Å². The Balaban J connectivity index is 1.65. The molecule has 0 spiro atoms. The Bertz CT molecular complexity index is 870. The van der Waals surface area contributed by atoms with Gasteiger partial charge in [0.05, 0.1) is 0 Å². The number of pyridine rings is 1. The number of aryl methyl sites for hydroxylation is 1. The standard InChI is InChI=1S/C18H18FN3O3/c1-20-6-5-14(12-16(20)23)18(25)22-9-7-21(8-10-22)17(24)13-3-2-4-15(19)11-13/h2-6,11-12H,7-10H2,1H3. The molecule has 1 aromatic carbocycles. The first kappa shape index (κ1) is 16.9. The molecule has 1 aromatic heterocycles. The van der Waals surface area contributed by atoms with Crippen molar-refractivity contribution in [1.29, 1.82) is 0 Å². The lowest BCUT2D eigenvalue weighted by molar-refractivity contribution is 0.0535. The molecule has 2 aromatic rings. The Morgan fingerprint density at radius 2 is 1.48 bits per heavy atom. The van der Waals surface area contributed by atoms with Crippen LogP contribution in [0.3, 0.4) is 0 Å². The van der Waals surface area contributed by atoms with E-state index in [-0.39, 0.29) is 17.4 Å². The molecule has 2 amide bonds. The third-order valence-corrected chi connectivity index (χ3v) is 4.28. The predicted octanol–water partition coefficient (Wildman–Crippen LogP) is 1.12. The van der Waals surface area contributed by atoms with Crippen molar-refractivity contribution in [3.05, 3.63) is 69.9 Å². The third-order valence-electron chi connectivity index (χ3n) is 4.28. The lowest BCUT2D eigenvalue weighted by Crippen LogP contribution is -2.50. The Morgan fingerprint density at radius 3 is 2.00 bits per heavy atom. The van der Waals surface area contributed by atoms with Crippen molar-refractivity contribution in [2.45, 2.75) is 0 Å². The molecule has 0 atom stereocenters. The molecule has 0 saturated carbocycles. The molecule has 1 aliphatic rings. The summed E-state index contributed by atoms with van der Waals surface area (Å²) < 4.78 is 14.7. The summed E-state index contributed by atoms with van der Waals surface area (Å²) in [5, 5.41) is 0. The molecule has 0 N–H and O–H groups in total. The van der Waals surface area contributed by atoms with Crippen molar-refractivity contribution in [1.82, 2.24) is 14.4 Å². The Labute approximate surface area is 144 Å². The number of nitrogens with zero attached hydrogens (tertiary/aromatic N) is 3. The molecule has 0 unspecified atom stereocenters. The molecule has 2 heterocycles. The van der Waals surface area contributed by atoms with Gasteiger partial charge in [-0.2, -0.15) is 0 Å². The van der Waals surface area contributed by atoms with E-state index in [0.717, 1.165) is 0 Å². The van der Waals surface area contributed by atoms with Gasteiger partial charge < -0.3 is 14.4 Å². The molecule has 1 fully saturated rings. The fourth-order valence-electron chi connectivity index (χ4n) is 2.78. The van der Waals surface area contributed by atoms with Crippen molar-refractivity contribution >= 4 is 11.8 Å². The topological polar surface area (TPSA) is 62.6 Å². The summed E-state index contributed by atoms with van der Waals surface area (Å²) in [4.78, 5) is 39.7. The quantitative estimate of drug-likeness (QED) is 0.821. The van der Waals surface area contributed by atoms with Gasteiger partial charge in [0.2, 0.25) is 0 Å². The highest BCUT2D eigenvalue weighted by molar-refractivity contribution is 5.95. The van der Waals surface area contributed by atoms with Crippen LogP contribution >= 0.6 is 0 Å². The van der Waals surface area contributed by atoms with Crippen molar-refractivity contribution < 1.29 is 14.0 Å². The first-order valence-corrected chi connectivity index (χ1v) is 7.96. The van der Waals surface area contributed by atoms with E-state index >= 15 is 0 Å². The molecule has 7 heteroatoms. The molecule has 1 saturated heterocycles. The number of halogens is 1. The van der Waals surface area contributed by atoms with Crippen LogP contribution in [0.5, 0.6) is 0 Å². The molecule has 0 radical (unpaired) electrons. The maximum Gasteiger partial charge on any atom is 0.254 e. The van der Waals surface area contributed by atoms with Crippen LogP contribution in [0.2, 0.25) is 0 Å². The SMILES string of the molecule is Cn1ccc(C(=O)N2CCN(C(=O)c3cccc(F)c3)CC2)cc1=O. The summed E-state index contributed by atoms with van der Waals surface area (Å²) in [6, 6.07) is 8.48. The smallest absolute Gasteiger partial charge is 0.254 e. The monoisotopic (exact) mass is 343 g/mol. The Hall–Kier alpha value is -2.96. The predicted molar refractivity (Wildman–Crippen MR) is 89.9 cm³/mol. The summed E-state index contributed by atoms with van der Waals surface area (Å²) in [5.74, 6) is -0.930. The minimum atomic E-state index is -0.453. The van der Waals surface area contributed by atoms with Crippen molar-refractivity contribution in [3.63, 3.8) is 0 Å². The lowest BCUT2D eigenvalue weighted by Gasteiger charge is -2.34. The maximum absolute atomic E-state index is 13.3. The number of carbonyl (C=O) groups is 2. The molecule has 1 aliphatic heterocycles. The Kier molecular flexibility index (Phi) is 4.65. The van der Waals surface area contributed by atoms with Gasteiger partial charge in [0.15, 0.2) is 0 Å². The summed E-state index contributed by atoms with van der Waals surface area (Å²) in [6.45, 7) is 1.47. The van der Waals surface area contributed by atoms with Crippen LogP contribution in [-0.4, -0.2) is 52.4 Å². The number of amides is 2. The van der Waals surface area contributed by atoms with E-state index in [1.165, 1.54) is 28.8 Å². The average Bonchev–Trinajstić information content (AvgIpc) is 2.63. The number of hydrogen-bond donors (Lipinski definition) is 0. The Morgan fingerprint density at radius 1 is 0.920 bits per heavy atom. The number of hydrogen-bond acceptors (Lipinski definition) is 3. The van der Waals surface area contributed by atoms with E-state index in [4.69, 9.17) is 0 Å². The molecule has 25 heavy (non-hydrogen) atoms. The van der Waals surface area contributed by atoms with E-state index in [9.17, 15) is 18.8 Å². The van der Waals surface area contributed by atoms with Gasteiger partial charge in [0, 0.05) is 56.6 Å². The molecule has 0 aliphatic carbocycles. The number of benzene rings is 1. The minimum absolute atomic E-state index is 0.226. The average molecular weight is 343 g/mol. The number of piperazine rings is 1. The largest absolute Gasteiger partial charge is 0.335 e. The van der Waals surface area contributed by atoms with Gasteiger partial charge in [0.1, 0.15) is 5.82 Å². The van der Waals surface area contributed by atoms with Crippen LogP contribution in [0.25, 0.3) is 0 Å².